The van der Waals surface area contributed by atoms with Gasteiger partial charge in [-0.2, -0.15) is 4.72 Å². The van der Waals surface area contributed by atoms with E-state index in [2.05, 4.69) is 58.5 Å². The summed E-state index contributed by atoms with van der Waals surface area (Å²) >= 11 is 2.26. The second-order valence-corrected chi connectivity index (χ2v) is 10.2. The van der Waals surface area contributed by atoms with E-state index in [9.17, 15) is 8.42 Å². The Hall–Kier alpha value is -1.70. The van der Waals surface area contributed by atoms with Crippen LogP contribution < -0.4 is 4.72 Å². The Morgan fingerprint density at radius 1 is 0.862 bits per heavy atom. The molecule has 1 N–H and O–H groups in total. The van der Waals surface area contributed by atoms with Crippen molar-refractivity contribution in [3.8, 4) is 0 Å². The molecule has 0 aromatic heterocycles. The summed E-state index contributed by atoms with van der Waals surface area (Å²) in [5.74, 6) is 0. The van der Waals surface area contributed by atoms with Gasteiger partial charge < -0.3 is 0 Å². The molecule has 0 amide bonds. The minimum Gasteiger partial charge on any atom is -0.207 e. The minimum absolute atomic E-state index is 0.288. The molecule has 1 atom stereocenters. The lowest BCUT2D eigenvalue weighted by Gasteiger charge is -2.39. The van der Waals surface area contributed by atoms with Crippen molar-refractivity contribution in [2.75, 3.05) is 0 Å². The Morgan fingerprint density at radius 3 is 1.79 bits per heavy atom. The van der Waals surface area contributed by atoms with E-state index < -0.39 is 15.4 Å². The normalized spacial score (nSPS) is 13.2. The lowest BCUT2D eigenvalue weighted by molar-refractivity contribution is 0.441. The number of sulfonamides is 1. The molecule has 0 radical (unpaired) electrons. The van der Waals surface area contributed by atoms with Crippen molar-refractivity contribution in [2.24, 2.45) is 0 Å². The van der Waals surface area contributed by atoms with Crippen LogP contribution in [0.15, 0.2) is 89.8 Å². The molecule has 152 valence electrons. The van der Waals surface area contributed by atoms with Crippen molar-refractivity contribution >= 4 is 32.6 Å². The molecule has 29 heavy (non-hydrogen) atoms. The zero-order chi connectivity index (χ0) is 20.9. The predicted octanol–water partition coefficient (Wildman–Crippen LogP) is 5.82. The second-order valence-electron chi connectivity index (χ2n) is 7.25. The average molecular weight is 519 g/mol. The van der Waals surface area contributed by atoms with Crippen molar-refractivity contribution in [3.63, 3.8) is 0 Å². The summed E-state index contributed by atoms with van der Waals surface area (Å²) in [6, 6.07) is 27.4. The van der Waals surface area contributed by atoms with Crippen LogP contribution in [-0.4, -0.2) is 12.5 Å². The van der Waals surface area contributed by atoms with Gasteiger partial charge in [-0.05, 0) is 36.6 Å². The van der Waals surface area contributed by atoms with Crippen LogP contribution in [0.2, 0.25) is 0 Å². The third-order valence-electron chi connectivity index (χ3n) is 5.24. The van der Waals surface area contributed by atoms with Crippen LogP contribution in [0.4, 0.5) is 0 Å². The summed E-state index contributed by atoms with van der Waals surface area (Å²) in [6.07, 6.45) is 1.75. The van der Waals surface area contributed by atoms with Gasteiger partial charge >= 0.3 is 0 Å². The lowest BCUT2D eigenvalue weighted by Crippen LogP contribution is -2.47. The first-order valence-corrected chi connectivity index (χ1v) is 12.5. The van der Waals surface area contributed by atoms with E-state index in [0.29, 0.717) is 0 Å². The molecule has 0 saturated heterocycles. The quantitative estimate of drug-likeness (QED) is 0.232. The standard InChI is InChI=1S/C24H26INO2S/c1-3-18-24(20-10-6-4-7-11-20,21-12-8-5-9-13-21)23(25)26-29(27,28)22-16-14-19(2)15-17-22/h4-17,23,26H,3,18H2,1-2H3. The molecule has 0 aliphatic carbocycles. The van der Waals surface area contributed by atoms with Gasteiger partial charge in [-0.25, -0.2) is 8.42 Å². The highest BCUT2D eigenvalue weighted by Gasteiger charge is 2.42. The van der Waals surface area contributed by atoms with E-state index in [4.69, 9.17) is 0 Å². The Morgan fingerprint density at radius 2 is 1.34 bits per heavy atom. The molecular weight excluding hydrogens is 493 g/mol. The van der Waals surface area contributed by atoms with Gasteiger partial charge in [-0.1, -0.05) is 114 Å². The van der Waals surface area contributed by atoms with Gasteiger partial charge in [0.25, 0.3) is 0 Å². The summed E-state index contributed by atoms with van der Waals surface area (Å²) in [5.41, 5.74) is 2.78. The fourth-order valence-corrected chi connectivity index (χ4v) is 6.90. The van der Waals surface area contributed by atoms with Crippen LogP contribution in [0.3, 0.4) is 0 Å². The van der Waals surface area contributed by atoms with E-state index in [1.54, 1.807) is 12.1 Å². The Bertz CT molecular complexity index is 980. The van der Waals surface area contributed by atoms with Gasteiger partial charge in [-0.3, -0.25) is 0 Å². The molecular formula is C24H26INO2S. The zero-order valence-electron chi connectivity index (χ0n) is 16.7. The maximum Gasteiger partial charge on any atom is 0.241 e. The highest BCUT2D eigenvalue weighted by Crippen LogP contribution is 2.43. The zero-order valence-corrected chi connectivity index (χ0v) is 19.7. The fourth-order valence-electron chi connectivity index (χ4n) is 3.76. The smallest absolute Gasteiger partial charge is 0.207 e. The van der Waals surface area contributed by atoms with Crippen LogP contribution in [-0.2, 0) is 15.4 Å². The second kappa shape index (κ2) is 9.41. The van der Waals surface area contributed by atoms with Crippen LogP contribution in [0.5, 0.6) is 0 Å². The first-order valence-electron chi connectivity index (χ1n) is 9.74. The third-order valence-corrected chi connectivity index (χ3v) is 8.48. The van der Waals surface area contributed by atoms with Gasteiger partial charge in [0.15, 0.2) is 0 Å². The van der Waals surface area contributed by atoms with Crippen LogP contribution >= 0.6 is 22.6 Å². The number of hydrogen-bond acceptors (Lipinski definition) is 2. The van der Waals surface area contributed by atoms with E-state index in [1.807, 2.05) is 55.5 Å². The molecule has 0 aliphatic rings. The third kappa shape index (κ3) is 4.73. The highest BCUT2D eigenvalue weighted by atomic mass is 127. The monoisotopic (exact) mass is 519 g/mol. The summed E-state index contributed by atoms with van der Waals surface area (Å²) in [7, 11) is -3.65. The summed E-state index contributed by atoms with van der Waals surface area (Å²) in [6.45, 7) is 4.08. The highest BCUT2D eigenvalue weighted by molar-refractivity contribution is 14.1. The van der Waals surface area contributed by atoms with Gasteiger partial charge in [0.1, 0.15) is 0 Å². The SMILES string of the molecule is CCCC(c1ccccc1)(c1ccccc1)C(I)NS(=O)(=O)c1ccc(C)cc1. The molecule has 0 fully saturated rings. The van der Waals surface area contributed by atoms with Gasteiger partial charge in [0, 0.05) is 5.41 Å². The molecule has 3 nitrogen and oxygen atoms in total. The van der Waals surface area contributed by atoms with E-state index >= 15 is 0 Å². The molecule has 3 aromatic rings. The van der Waals surface area contributed by atoms with Crippen molar-refractivity contribution in [1.82, 2.24) is 4.72 Å². The van der Waals surface area contributed by atoms with Crippen molar-refractivity contribution in [2.45, 2.75) is 41.0 Å². The van der Waals surface area contributed by atoms with Crippen LogP contribution in [0.1, 0.15) is 36.5 Å². The molecule has 0 aliphatic heterocycles. The number of rotatable bonds is 8. The molecule has 0 heterocycles. The maximum absolute atomic E-state index is 13.2. The van der Waals surface area contributed by atoms with E-state index in [-0.39, 0.29) is 8.94 Å². The molecule has 3 rings (SSSR count). The largest absolute Gasteiger partial charge is 0.241 e. The number of alkyl halides is 1. The molecule has 1 unspecified atom stereocenters. The van der Waals surface area contributed by atoms with Crippen molar-refractivity contribution in [1.29, 1.82) is 0 Å². The number of benzene rings is 3. The first kappa shape index (κ1) is 22.0. The predicted molar refractivity (Wildman–Crippen MR) is 128 cm³/mol. The minimum atomic E-state index is -3.65. The number of hydrogen-bond donors (Lipinski definition) is 1. The van der Waals surface area contributed by atoms with Crippen molar-refractivity contribution < 1.29 is 8.42 Å². The summed E-state index contributed by atoms with van der Waals surface area (Å²) in [4.78, 5) is 0.288. The van der Waals surface area contributed by atoms with Crippen molar-refractivity contribution in [3.05, 3.63) is 102 Å². The number of halogens is 1. The number of nitrogens with one attached hydrogen (secondary N) is 1. The Kier molecular flexibility index (Phi) is 7.14. The molecule has 0 saturated carbocycles. The van der Waals surface area contributed by atoms with E-state index in [0.717, 1.165) is 29.5 Å². The lowest BCUT2D eigenvalue weighted by atomic mass is 9.71. The number of aryl methyl sites for hydroxylation is 1. The molecule has 0 spiro atoms. The van der Waals surface area contributed by atoms with Gasteiger partial charge in [0.2, 0.25) is 10.0 Å². The topological polar surface area (TPSA) is 46.2 Å². The fraction of sp³-hybridized carbons (Fsp3) is 0.250. The van der Waals surface area contributed by atoms with Crippen LogP contribution in [0, 0.1) is 6.92 Å². The summed E-state index contributed by atoms with van der Waals surface area (Å²) < 4.78 is 28.9. The molecule has 0 bridgehead atoms. The average Bonchev–Trinajstić information content (AvgIpc) is 2.73. The Balaban J connectivity index is 2.09. The van der Waals surface area contributed by atoms with Gasteiger partial charge in [0.05, 0.1) is 8.94 Å². The first-order chi connectivity index (χ1) is 13.9. The van der Waals surface area contributed by atoms with Crippen LogP contribution in [0.25, 0.3) is 0 Å². The molecule has 3 aromatic carbocycles. The van der Waals surface area contributed by atoms with Gasteiger partial charge in [-0.15, -0.1) is 0 Å². The maximum atomic E-state index is 13.2. The Labute approximate surface area is 187 Å². The summed E-state index contributed by atoms with van der Waals surface area (Å²) in [5, 5.41) is 0. The van der Waals surface area contributed by atoms with E-state index in [1.165, 1.54) is 0 Å². The molecule has 5 heteroatoms.